The molecule has 90 valence electrons. The molecule has 0 fully saturated rings. The third kappa shape index (κ3) is 4.40. The molecule has 0 aliphatic rings. The van der Waals surface area contributed by atoms with Crippen molar-refractivity contribution in [2.75, 3.05) is 13.2 Å². The molecule has 0 spiro atoms. The van der Waals surface area contributed by atoms with Crippen LogP contribution in [0.3, 0.4) is 0 Å². The van der Waals surface area contributed by atoms with Crippen molar-refractivity contribution in [1.82, 2.24) is 5.32 Å². The van der Waals surface area contributed by atoms with Crippen LogP contribution in [0.1, 0.15) is 10.4 Å². The average Bonchev–Trinajstić information content (AvgIpc) is 2.34. The zero-order valence-corrected chi connectivity index (χ0v) is 10.7. The number of ether oxygens (including phenoxy) is 1. The number of hydrogen-bond acceptors (Lipinski definition) is 3. The topological polar surface area (TPSA) is 55.4 Å². The Kier molecular flexibility index (Phi) is 5.42. The Morgan fingerprint density at radius 1 is 1.41 bits per heavy atom. The quantitative estimate of drug-likeness (QED) is 0.667. The van der Waals surface area contributed by atoms with Gasteiger partial charge in [-0.15, -0.1) is 6.58 Å². The first kappa shape index (κ1) is 13.4. The van der Waals surface area contributed by atoms with E-state index in [1.165, 1.54) is 0 Å². The van der Waals surface area contributed by atoms with Gasteiger partial charge in [-0.1, -0.05) is 18.2 Å². The lowest BCUT2D eigenvalue weighted by Gasteiger charge is -2.06. The van der Waals surface area contributed by atoms with Crippen LogP contribution in [0.25, 0.3) is 0 Å². The van der Waals surface area contributed by atoms with Gasteiger partial charge in [0.25, 0.3) is 5.91 Å². The fraction of sp³-hybridized carbons (Fsp3) is 0.167. The molecule has 1 amide bonds. The van der Waals surface area contributed by atoms with Gasteiger partial charge in [0.2, 0.25) is 0 Å². The minimum Gasteiger partial charge on any atom is -0.452 e. The van der Waals surface area contributed by atoms with Gasteiger partial charge in [0.15, 0.2) is 6.61 Å². The number of esters is 1. The molecule has 0 aliphatic carbocycles. The van der Waals surface area contributed by atoms with Gasteiger partial charge < -0.3 is 10.1 Å². The van der Waals surface area contributed by atoms with Crippen molar-refractivity contribution >= 4 is 27.8 Å². The highest BCUT2D eigenvalue weighted by Gasteiger charge is 2.12. The monoisotopic (exact) mass is 297 g/mol. The van der Waals surface area contributed by atoms with Crippen LogP contribution >= 0.6 is 15.9 Å². The molecule has 1 aromatic carbocycles. The second-order valence-corrected chi connectivity index (χ2v) is 4.00. The van der Waals surface area contributed by atoms with Crippen LogP contribution in [-0.2, 0) is 9.53 Å². The lowest BCUT2D eigenvalue weighted by Crippen LogP contribution is -2.28. The molecule has 0 bridgehead atoms. The smallest absolute Gasteiger partial charge is 0.339 e. The highest BCUT2D eigenvalue weighted by atomic mass is 79.9. The largest absolute Gasteiger partial charge is 0.452 e. The van der Waals surface area contributed by atoms with Crippen LogP contribution in [0, 0.1) is 0 Å². The van der Waals surface area contributed by atoms with Gasteiger partial charge in [-0.05, 0) is 28.1 Å². The third-order valence-corrected chi connectivity index (χ3v) is 2.56. The summed E-state index contributed by atoms with van der Waals surface area (Å²) in [5.74, 6) is -0.892. The Hall–Kier alpha value is -1.62. The van der Waals surface area contributed by atoms with Crippen LogP contribution < -0.4 is 5.32 Å². The van der Waals surface area contributed by atoms with E-state index in [9.17, 15) is 9.59 Å². The molecule has 0 saturated heterocycles. The first-order valence-corrected chi connectivity index (χ1v) is 5.73. The number of rotatable bonds is 5. The van der Waals surface area contributed by atoms with Gasteiger partial charge in [-0.2, -0.15) is 0 Å². The van der Waals surface area contributed by atoms with Crippen molar-refractivity contribution in [3.05, 3.63) is 47.0 Å². The Balaban J connectivity index is 2.48. The number of halogens is 1. The summed E-state index contributed by atoms with van der Waals surface area (Å²) in [6.07, 6.45) is 1.55. The van der Waals surface area contributed by atoms with Gasteiger partial charge in [-0.3, -0.25) is 4.79 Å². The summed E-state index contributed by atoms with van der Waals surface area (Å²) < 4.78 is 5.49. The number of benzene rings is 1. The van der Waals surface area contributed by atoms with Gasteiger partial charge in [0.05, 0.1) is 5.56 Å². The van der Waals surface area contributed by atoms with Crippen molar-refractivity contribution in [1.29, 1.82) is 0 Å². The minimum absolute atomic E-state index is 0.298. The van der Waals surface area contributed by atoms with Gasteiger partial charge in [0, 0.05) is 11.0 Å². The molecule has 5 heteroatoms. The summed E-state index contributed by atoms with van der Waals surface area (Å²) in [7, 11) is 0. The third-order valence-electron chi connectivity index (χ3n) is 1.87. The fourth-order valence-electron chi connectivity index (χ4n) is 1.07. The number of hydrogen-bond donors (Lipinski definition) is 1. The maximum Gasteiger partial charge on any atom is 0.339 e. The van der Waals surface area contributed by atoms with Crippen LogP contribution in [-0.4, -0.2) is 25.0 Å². The van der Waals surface area contributed by atoms with E-state index in [-0.39, 0.29) is 12.5 Å². The normalized spacial score (nSPS) is 9.47. The SMILES string of the molecule is C=CCNC(=O)COC(=O)c1ccccc1Br. The van der Waals surface area contributed by atoms with Crippen LogP contribution in [0.5, 0.6) is 0 Å². The number of carbonyl (C=O) groups is 2. The average molecular weight is 298 g/mol. The zero-order chi connectivity index (χ0) is 12.7. The lowest BCUT2D eigenvalue weighted by molar-refractivity contribution is -0.124. The number of amides is 1. The molecule has 17 heavy (non-hydrogen) atoms. The Morgan fingerprint density at radius 3 is 2.76 bits per heavy atom. The van der Waals surface area contributed by atoms with E-state index >= 15 is 0 Å². The first-order chi connectivity index (χ1) is 8.15. The molecule has 1 rings (SSSR count). The minimum atomic E-state index is -0.536. The van der Waals surface area contributed by atoms with E-state index in [0.717, 1.165) is 0 Å². The summed E-state index contributed by atoms with van der Waals surface area (Å²) in [5.41, 5.74) is 0.393. The first-order valence-electron chi connectivity index (χ1n) is 4.94. The van der Waals surface area contributed by atoms with Crippen molar-refractivity contribution in [3.8, 4) is 0 Å². The standard InChI is InChI=1S/C12H12BrNO3/c1-2-7-14-11(15)8-17-12(16)9-5-3-4-6-10(9)13/h2-6H,1,7-8H2,(H,14,15). The van der Waals surface area contributed by atoms with E-state index in [1.807, 2.05) is 0 Å². The molecule has 4 nitrogen and oxygen atoms in total. The van der Waals surface area contributed by atoms with E-state index in [0.29, 0.717) is 16.6 Å². The summed E-state index contributed by atoms with van der Waals surface area (Å²) in [4.78, 5) is 22.8. The molecule has 1 N–H and O–H groups in total. The van der Waals surface area contributed by atoms with Crippen molar-refractivity contribution in [2.45, 2.75) is 0 Å². The van der Waals surface area contributed by atoms with Crippen molar-refractivity contribution in [2.24, 2.45) is 0 Å². The maximum atomic E-state index is 11.6. The van der Waals surface area contributed by atoms with Crippen molar-refractivity contribution < 1.29 is 14.3 Å². The number of carbonyl (C=O) groups excluding carboxylic acids is 2. The predicted octanol–water partition coefficient (Wildman–Crippen LogP) is 1.91. The number of nitrogens with one attached hydrogen (secondary N) is 1. The predicted molar refractivity (Wildman–Crippen MR) is 67.6 cm³/mol. The highest BCUT2D eigenvalue weighted by molar-refractivity contribution is 9.10. The molecular weight excluding hydrogens is 286 g/mol. The van der Waals surface area contributed by atoms with Crippen LogP contribution in [0.4, 0.5) is 0 Å². The Morgan fingerprint density at radius 2 is 2.12 bits per heavy atom. The molecule has 1 aromatic rings. The molecule has 0 saturated carbocycles. The van der Waals surface area contributed by atoms with Crippen LogP contribution in [0.15, 0.2) is 41.4 Å². The molecule has 0 heterocycles. The van der Waals surface area contributed by atoms with Gasteiger partial charge in [-0.25, -0.2) is 4.79 Å². The molecule has 0 radical (unpaired) electrons. The van der Waals surface area contributed by atoms with E-state index in [2.05, 4.69) is 27.8 Å². The summed E-state index contributed by atoms with van der Waals surface area (Å²) in [6, 6.07) is 6.86. The zero-order valence-electron chi connectivity index (χ0n) is 9.11. The molecule has 0 atom stereocenters. The van der Waals surface area contributed by atoms with E-state index in [4.69, 9.17) is 4.74 Å². The fourth-order valence-corrected chi connectivity index (χ4v) is 1.52. The van der Waals surface area contributed by atoms with E-state index < -0.39 is 5.97 Å². The second kappa shape index (κ2) is 6.85. The van der Waals surface area contributed by atoms with Crippen molar-refractivity contribution in [3.63, 3.8) is 0 Å². The molecular formula is C12H12BrNO3. The molecule has 0 aromatic heterocycles. The Labute approximate surface area is 108 Å². The van der Waals surface area contributed by atoms with Gasteiger partial charge in [0.1, 0.15) is 0 Å². The molecule has 0 unspecified atom stereocenters. The summed E-state index contributed by atoms with van der Waals surface area (Å²) >= 11 is 3.23. The Bertz CT molecular complexity index is 432. The summed E-state index contributed by atoms with van der Waals surface area (Å²) in [5, 5.41) is 2.51. The second-order valence-electron chi connectivity index (χ2n) is 3.15. The molecule has 0 aliphatic heterocycles. The lowest BCUT2D eigenvalue weighted by atomic mass is 10.2. The highest BCUT2D eigenvalue weighted by Crippen LogP contribution is 2.16. The van der Waals surface area contributed by atoms with Crippen LogP contribution in [0.2, 0.25) is 0 Å². The maximum absolute atomic E-state index is 11.6. The van der Waals surface area contributed by atoms with Gasteiger partial charge >= 0.3 is 5.97 Å². The summed E-state index contributed by atoms with van der Waals surface area (Å²) in [6.45, 7) is 3.51. The van der Waals surface area contributed by atoms with E-state index in [1.54, 1.807) is 30.3 Å².